The van der Waals surface area contributed by atoms with Crippen LogP contribution in [0.4, 0.5) is 11.4 Å². The van der Waals surface area contributed by atoms with Gasteiger partial charge < -0.3 is 9.30 Å². The zero-order valence-electron chi connectivity index (χ0n) is 15.6. The number of hydrazone groups is 1. The lowest BCUT2D eigenvalue weighted by atomic mass is 10.2. The van der Waals surface area contributed by atoms with Crippen molar-refractivity contribution in [3.05, 3.63) is 80.6 Å². The monoisotopic (exact) mass is 398 g/mol. The van der Waals surface area contributed by atoms with E-state index in [0.29, 0.717) is 10.7 Å². The molecule has 7 nitrogen and oxygen atoms in total. The van der Waals surface area contributed by atoms with Crippen LogP contribution >= 0.6 is 11.6 Å². The fourth-order valence-corrected chi connectivity index (χ4v) is 3.13. The van der Waals surface area contributed by atoms with E-state index >= 15 is 0 Å². The Morgan fingerprint density at radius 1 is 1.18 bits per heavy atom. The molecule has 0 aliphatic carbocycles. The molecule has 2 aromatic carbocycles. The summed E-state index contributed by atoms with van der Waals surface area (Å²) in [5.74, 6) is 0.721. The van der Waals surface area contributed by atoms with E-state index in [1.165, 1.54) is 12.1 Å². The highest BCUT2D eigenvalue weighted by Crippen LogP contribution is 2.30. The van der Waals surface area contributed by atoms with Crippen molar-refractivity contribution < 1.29 is 9.66 Å². The van der Waals surface area contributed by atoms with Gasteiger partial charge in [0.25, 0.3) is 5.69 Å². The van der Waals surface area contributed by atoms with Crippen molar-refractivity contribution >= 4 is 29.2 Å². The van der Waals surface area contributed by atoms with Crippen molar-refractivity contribution in [3.63, 3.8) is 0 Å². The largest absolute Gasteiger partial charge is 0.495 e. The highest BCUT2D eigenvalue weighted by molar-refractivity contribution is 6.30. The average Bonchev–Trinajstić information content (AvgIpc) is 2.95. The number of nitro benzene ring substituents is 1. The minimum absolute atomic E-state index is 0.0357. The molecular weight excluding hydrogens is 380 g/mol. The predicted molar refractivity (Wildman–Crippen MR) is 111 cm³/mol. The first kappa shape index (κ1) is 19.4. The SMILES string of the molecule is COc1ccc(Cl)cc1-n1c(C)cc(/C=N/Nc2ccc([N+](=O)[O-])cc2)c1C. The van der Waals surface area contributed by atoms with Crippen molar-refractivity contribution in [2.45, 2.75) is 13.8 Å². The van der Waals surface area contributed by atoms with Crippen molar-refractivity contribution in [1.29, 1.82) is 0 Å². The summed E-state index contributed by atoms with van der Waals surface area (Å²) in [4.78, 5) is 10.3. The van der Waals surface area contributed by atoms with Gasteiger partial charge in [0.15, 0.2) is 0 Å². The molecule has 28 heavy (non-hydrogen) atoms. The van der Waals surface area contributed by atoms with Crippen LogP contribution in [0.3, 0.4) is 0 Å². The number of rotatable bonds is 6. The first-order valence-corrected chi connectivity index (χ1v) is 8.85. The summed E-state index contributed by atoms with van der Waals surface area (Å²) in [7, 11) is 1.62. The molecule has 0 spiro atoms. The fraction of sp³-hybridized carbons (Fsp3) is 0.150. The van der Waals surface area contributed by atoms with Gasteiger partial charge in [0.2, 0.25) is 0 Å². The molecule has 3 aromatic rings. The molecule has 0 radical (unpaired) electrons. The van der Waals surface area contributed by atoms with Crippen molar-refractivity contribution in [1.82, 2.24) is 4.57 Å². The van der Waals surface area contributed by atoms with E-state index in [1.807, 2.05) is 32.0 Å². The van der Waals surface area contributed by atoms with Crippen LogP contribution in [-0.2, 0) is 0 Å². The second-order valence-electron chi connectivity index (χ2n) is 6.15. The predicted octanol–water partition coefficient (Wildman–Crippen LogP) is 5.11. The van der Waals surface area contributed by atoms with Gasteiger partial charge in [-0.15, -0.1) is 0 Å². The summed E-state index contributed by atoms with van der Waals surface area (Å²) < 4.78 is 7.52. The third-order valence-corrected chi connectivity index (χ3v) is 4.56. The lowest BCUT2D eigenvalue weighted by molar-refractivity contribution is -0.384. The van der Waals surface area contributed by atoms with E-state index in [9.17, 15) is 10.1 Å². The molecule has 144 valence electrons. The van der Waals surface area contributed by atoms with E-state index in [-0.39, 0.29) is 5.69 Å². The Balaban J connectivity index is 1.85. The van der Waals surface area contributed by atoms with Crippen LogP contribution in [0.15, 0.2) is 53.6 Å². The highest BCUT2D eigenvalue weighted by Gasteiger charge is 2.14. The number of nitrogens with one attached hydrogen (secondary N) is 1. The third kappa shape index (κ3) is 3.99. The van der Waals surface area contributed by atoms with Gasteiger partial charge in [-0.3, -0.25) is 15.5 Å². The summed E-state index contributed by atoms with van der Waals surface area (Å²) in [5.41, 5.74) is 7.34. The molecule has 0 saturated heterocycles. The molecule has 1 N–H and O–H groups in total. The van der Waals surface area contributed by atoms with Gasteiger partial charge in [0.05, 0.1) is 29.6 Å². The first-order valence-electron chi connectivity index (χ1n) is 8.47. The maximum atomic E-state index is 10.7. The standard InChI is InChI=1S/C20H19ClN4O3/c1-13-10-15(12-22-23-17-5-7-18(8-6-17)25(26)27)14(2)24(13)19-11-16(21)4-9-20(19)28-3/h4-12,23H,1-3H3/b22-12+. The van der Waals surface area contributed by atoms with Gasteiger partial charge >= 0.3 is 0 Å². The molecule has 0 unspecified atom stereocenters. The zero-order chi connectivity index (χ0) is 20.3. The first-order chi connectivity index (χ1) is 13.4. The second kappa shape index (κ2) is 8.14. The number of anilines is 1. The van der Waals surface area contributed by atoms with Crippen LogP contribution in [0, 0.1) is 24.0 Å². The maximum Gasteiger partial charge on any atom is 0.269 e. The van der Waals surface area contributed by atoms with E-state index in [4.69, 9.17) is 16.3 Å². The molecule has 8 heteroatoms. The number of nitrogens with zero attached hydrogens (tertiary/aromatic N) is 3. The smallest absolute Gasteiger partial charge is 0.269 e. The normalized spacial score (nSPS) is 11.0. The molecule has 0 fully saturated rings. The van der Waals surface area contributed by atoms with Crippen molar-refractivity contribution in [2.24, 2.45) is 5.10 Å². The second-order valence-corrected chi connectivity index (χ2v) is 6.59. The zero-order valence-corrected chi connectivity index (χ0v) is 16.4. The number of ether oxygens (including phenoxy) is 1. The number of hydrogen-bond donors (Lipinski definition) is 1. The average molecular weight is 399 g/mol. The van der Waals surface area contributed by atoms with Gasteiger partial charge in [-0.25, -0.2) is 0 Å². The van der Waals surface area contributed by atoms with Gasteiger partial charge in [0, 0.05) is 34.1 Å². The Kier molecular flexibility index (Phi) is 5.65. The summed E-state index contributed by atoms with van der Waals surface area (Å²) in [6.07, 6.45) is 1.71. The molecule has 0 bridgehead atoms. The summed E-state index contributed by atoms with van der Waals surface area (Å²) in [6, 6.07) is 13.6. The van der Waals surface area contributed by atoms with Crippen molar-refractivity contribution in [3.8, 4) is 11.4 Å². The van der Waals surface area contributed by atoms with E-state index < -0.39 is 4.92 Å². The van der Waals surface area contributed by atoms with E-state index in [0.717, 1.165) is 28.4 Å². The van der Waals surface area contributed by atoms with E-state index in [2.05, 4.69) is 15.1 Å². The van der Waals surface area contributed by atoms with Crippen LogP contribution in [0.25, 0.3) is 5.69 Å². The molecule has 1 aromatic heterocycles. The number of aromatic nitrogens is 1. The summed E-state index contributed by atoms with van der Waals surface area (Å²) in [6.45, 7) is 3.98. The molecular formula is C20H19ClN4O3. The number of halogens is 1. The highest BCUT2D eigenvalue weighted by atomic mass is 35.5. The number of hydrogen-bond acceptors (Lipinski definition) is 5. The van der Waals surface area contributed by atoms with Crippen LogP contribution in [0.2, 0.25) is 5.02 Å². The summed E-state index contributed by atoms with van der Waals surface area (Å²) in [5, 5.41) is 15.6. The van der Waals surface area contributed by atoms with Crippen LogP contribution in [0.1, 0.15) is 17.0 Å². The van der Waals surface area contributed by atoms with Gasteiger partial charge in [-0.05, 0) is 50.2 Å². The van der Waals surface area contributed by atoms with Crippen molar-refractivity contribution in [2.75, 3.05) is 12.5 Å². The Morgan fingerprint density at radius 3 is 2.54 bits per heavy atom. The van der Waals surface area contributed by atoms with Gasteiger partial charge in [0.1, 0.15) is 5.75 Å². The quantitative estimate of drug-likeness (QED) is 0.355. The molecule has 3 rings (SSSR count). The number of benzene rings is 2. The Bertz CT molecular complexity index is 1040. The third-order valence-electron chi connectivity index (χ3n) is 4.33. The molecule has 0 aliphatic rings. The molecule has 0 aliphatic heterocycles. The Morgan fingerprint density at radius 2 is 1.89 bits per heavy atom. The Hall–Kier alpha value is -3.32. The molecule has 0 amide bonds. The van der Waals surface area contributed by atoms with Gasteiger partial charge in [-0.2, -0.15) is 5.10 Å². The lowest BCUT2D eigenvalue weighted by Gasteiger charge is -2.14. The Labute approximate surface area is 167 Å². The summed E-state index contributed by atoms with van der Waals surface area (Å²) >= 11 is 6.17. The van der Waals surface area contributed by atoms with Crippen LogP contribution < -0.4 is 10.2 Å². The fourth-order valence-electron chi connectivity index (χ4n) is 2.96. The van der Waals surface area contributed by atoms with Crippen LogP contribution in [-0.4, -0.2) is 22.8 Å². The molecule has 0 atom stereocenters. The van der Waals surface area contributed by atoms with E-state index in [1.54, 1.807) is 31.5 Å². The minimum Gasteiger partial charge on any atom is -0.495 e. The topological polar surface area (TPSA) is 81.7 Å². The minimum atomic E-state index is -0.438. The maximum absolute atomic E-state index is 10.7. The van der Waals surface area contributed by atoms with Gasteiger partial charge in [-0.1, -0.05) is 11.6 Å². The number of aryl methyl sites for hydroxylation is 1. The molecule has 0 saturated carbocycles. The number of non-ortho nitro benzene ring substituents is 1. The lowest BCUT2D eigenvalue weighted by Crippen LogP contribution is -2.02. The number of methoxy groups -OCH3 is 1. The van der Waals surface area contributed by atoms with Crippen LogP contribution in [0.5, 0.6) is 5.75 Å². The molecule has 1 heterocycles. The number of nitro groups is 1.